The van der Waals surface area contributed by atoms with Gasteiger partial charge in [-0.1, -0.05) is 6.07 Å². The zero-order valence-electron chi connectivity index (χ0n) is 11.3. The molecule has 0 unspecified atom stereocenters. The summed E-state index contributed by atoms with van der Waals surface area (Å²) in [5.74, 6) is 1.40. The summed E-state index contributed by atoms with van der Waals surface area (Å²) in [7, 11) is 3.78. The number of aromatic amines is 1. The molecule has 3 aromatic rings. The number of H-pyrrole nitrogens is 1. The van der Waals surface area contributed by atoms with Crippen molar-refractivity contribution in [3.05, 3.63) is 36.3 Å². The predicted octanol–water partition coefficient (Wildman–Crippen LogP) is 1.43. The van der Waals surface area contributed by atoms with Crippen LogP contribution >= 0.6 is 0 Å². The Balaban J connectivity index is 1.98. The van der Waals surface area contributed by atoms with Crippen molar-refractivity contribution in [1.82, 2.24) is 25.1 Å². The topological polar surface area (TPSA) is 82.6 Å². The summed E-state index contributed by atoms with van der Waals surface area (Å²) in [6.07, 6.45) is 5.36. The van der Waals surface area contributed by atoms with Crippen LogP contribution in [0.5, 0.6) is 0 Å². The van der Waals surface area contributed by atoms with Gasteiger partial charge in [0.25, 0.3) is 0 Å². The molecule has 0 fully saturated rings. The summed E-state index contributed by atoms with van der Waals surface area (Å²) < 4.78 is 0. The van der Waals surface area contributed by atoms with Crippen molar-refractivity contribution in [2.45, 2.75) is 6.54 Å². The van der Waals surface area contributed by atoms with Crippen molar-refractivity contribution < 1.29 is 0 Å². The lowest BCUT2D eigenvalue weighted by Crippen LogP contribution is -2.18. The largest absolute Gasteiger partial charge is 0.357 e. The van der Waals surface area contributed by atoms with Gasteiger partial charge in [-0.05, 0) is 11.6 Å². The molecule has 3 aromatic heterocycles. The zero-order valence-corrected chi connectivity index (χ0v) is 11.3. The average molecular weight is 269 g/mol. The number of fused-ring (bicyclic) bond motifs is 1. The van der Waals surface area contributed by atoms with Crippen LogP contribution < -0.4 is 10.2 Å². The highest BCUT2D eigenvalue weighted by Gasteiger charge is 2.13. The number of anilines is 2. The summed E-state index contributed by atoms with van der Waals surface area (Å²) in [6, 6.07) is 3.96. The standard InChI is InChI=1S/C13H15N7/c1-14-13-17-11-10(7-16-19-11)12(18-13)20(2)8-9-4-3-5-15-6-9/h3-7H,8H2,1-2H3,(H2,14,16,17,18,19). The summed E-state index contributed by atoms with van der Waals surface area (Å²) in [4.78, 5) is 15.0. The molecule has 3 heterocycles. The molecule has 7 nitrogen and oxygen atoms in total. The molecule has 20 heavy (non-hydrogen) atoms. The molecule has 0 spiro atoms. The highest BCUT2D eigenvalue weighted by molar-refractivity contribution is 5.87. The lowest BCUT2D eigenvalue weighted by atomic mass is 10.2. The van der Waals surface area contributed by atoms with Crippen molar-refractivity contribution in [1.29, 1.82) is 0 Å². The first kappa shape index (κ1) is 12.3. The van der Waals surface area contributed by atoms with Gasteiger partial charge in [-0.2, -0.15) is 15.1 Å². The minimum absolute atomic E-state index is 0.565. The molecular weight excluding hydrogens is 254 g/mol. The molecule has 0 aliphatic heterocycles. The number of hydrogen-bond donors (Lipinski definition) is 2. The van der Waals surface area contributed by atoms with Gasteiger partial charge in [-0.3, -0.25) is 10.1 Å². The first-order valence-electron chi connectivity index (χ1n) is 6.27. The van der Waals surface area contributed by atoms with Gasteiger partial charge in [-0.25, -0.2) is 0 Å². The normalized spacial score (nSPS) is 10.7. The van der Waals surface area contributed by atoms with E-state index in [2.05, 4.69) is 35.4 Å². The minimum atomic E-state index is 0.565. The Morgan fingerprint density at radius 3 is 2.95 bits per heavy atom. The molecule has 0 aliphatic carbocycles. The predicted molar refractivity (Wildman–Crippen MR) is 77.6 cm³/mol. The van der Waals surface area contributed by atoms with E-state index in [1.54, 1.807) is 19.4 Å². The van der Waals surface area contributed by atoms with E-state index >= 15 is 0 Å². The second-order valence-corrected chi connectivity index (χ2v) is 4.47. The molecule has 2 N–H and O–H groups in total. The van der Waals surface area contributed by atoms with Crippen LogP contribution in [0.1, 0.15) is 5.56 Å². The van der Waals surface area contributed by atoms with Crippen LogP contribution in [-0.2, 0) is 6.54 Å². The monoisotopic (exact) mass is 269 g/mol. The molecule has 0 radical (unpaired) electrons. The summed E-state index contributed by atoms with van der Waals surface area (Å²) >= 11 is 0. The Hall–Kier alpha value is -2.70. The van der Waals surface area contributed by atoms with Gasteiger partial charge < -0.3 is 10.2 Å². The second kappa shape index (κ2) is 5.12. The maximum Gasteiger partial charge on any atom is 0.226 e. The number of rotatable bonds is 4. The number of nitrogens with zero attached hydrogens (tertiary/aromatic N) is 5. The Bertz CT molecular complexity index is 707. The Kier molecular flexibility index (Phi) is 3.16. The van der Waals surface area contributed by atoms with Crippen molar-refractivity contribution in [3.63, 3.8) is 0 Å². The minimum Gasteiger partial charge on any atom is -0.357 e. The maximum atomic E-state index is 4.51. The number of nitrogens with one attached hydrogen (secondary N) is 2. The van der Waals surface area contributed by atoms with E-state index < -0.39 is 0 Å². The van der Waals surface area contributed by atoms with E-state index in [0.717, 1.165) is 22.4 Å². The number of hydrogen-bond acceptors (Lipinski definition) is 6. The van der Waals surface area contributed by atoms with Crippen LogP contribution in [0.25, 0.3) is 11.0 Å². The lowest BCUT2D eigenvalue weighted by Gasteiger charge is -2.19. The van der Waals surface area contributed by atoms with E-state index in [0.29, 0.717) is 12.5 Å². The van der Waals surface area contributed by atoms with Crippen LogP contribution in [0.15, 0.2) is 30.7 Å². The Morgan fingerprint density at radius 2 is 2.20 bits per heavy atom. The second-order valence-electron chi connectivity index (χ2n) is 4.47. The highest BCUT2D eigenvalue weighted by atomic mass is 15.2. The third-order valence-electron chi connectivity index (χ3n) is 3.02. The summed E-state index contributed by atoms with van der Waals surface area (Å²) in [5, 5.41) is 10.8. The van der Waals surface area contributed by atoms with Crippen LogP contribution in [0.4, 0.5) is 11.8 Å². The van der Waals surface area contributed by atoms with Crippen LogP contribution in [0, 0.1) is 0 Å². The molecule has 0 amide bonds. The summed E-state index contributed by atoms with van der Waals surface area (Å²) in [6.45, 7) is 0.717. The van der Waals surface area contributed by atoms with Crippen molar-refractivity contribution in [2.24, 2.45) is 0 Å². The van der Waals surface area contributed by atoms with E-state index in [-0.39, 0.29) is 0 Å². The molecule has 0 atom stereocenters. The third kappa shape index (κ3) is 2.25. The number of aromatic nitrogens is 5. The maximum absolute atomic E-state index is 4.51. The van der Waals surface area contributed by atoms with E-state index in [1.807, 2.05) is 25.4 Å². The molecule has 0 saturated heterocycles. The van der Waals surface area contributed by atoms with Gasteiger partial charge >= 0.3 is 0 Å². The van der Waals surface area contributed by atoms with Gasteiger partial charge in [0, 0.05) is 33.0 Å². The molecule has 7 heteroatoms. The quantitative estimate of drug-likeness (QED) is 0.745. The van der Waals surface area contributed by atoms with Gasteiger partial charge in [-0.15, -0.1) is 0 Å². The lowest BCUT2D eigenvalue weighted by molar-refractivity contribution is 0.895. The van der Waals surface area contributed by atoms with Gasteiger partial charge in [0.1, 0.15) is 5.82 Å². The van der Waals surface area contributed by atoms with Crippen molar-refractivity contribution in [2.75, 3.05) is 24.3 Å². The fraction of sp³-hybridized carbons (Fsp3) is 0.231. The zero-order chi connectivity index (χ0) is 13.9. The molecule has 102 valence electrons. The fourth-order valence-corrected chi connectivity index (χ4v) is 2.06. The molecule has 0 bridgehead atoms. The molecule has 0 saturated carbocycles. The SMILES string of the molecule is CNc1nc(N(C)Cc2cccnc2)c2cn[nH]c2n1. The molecule has 0 aromatic carbocycles. The van der Waals surface area contributed by atoms with Crippen molar-refractivity contribution in [3.8, 4) is 0 Å². The average Bonchev–Trinajstić information content (AvgIpc) is 2.95. The highest BCUT2D eigenvalue weighted by Crippen LogP contribution is 2.23. The van der Waals surface area contributed by atoms with Gasteiger partial charge in [0.2, 0.25) is 5.95 Å². The Labute approximate surface area is 116 Å². The van der Waals surface area contributed by atoms with Crippen molar-refractivity contribution >= 4 is 22.8 Å². The Morgan fingerprint density at radius 1 is 1.30 bits per heavy atom. The summed E-state index contributed by atoms with van der Waals surface area (Å²) in [5.41, 5.74) is 1.84. The third-order valence-corrected chi connectivity index (χ3v) is 3.02. The first-order chi connectivity index (χ1) is 9.78. The van der Waals surface area contributed by atoms with Gasteiger partial charge in [0.05, 0.1) is 11.6 Å². The first-order valence-corrected chi connectivity index (χ1v) is 6.27. The molecule has 0 aliphatic rings. The van der Waals surface area contributed by atoms with Crippen LogP contribution in [0.2, 0.25) is 0 Å². The van der Waals surface area contributed by atoms with Crippen LogP contribution in [0.3, 0.4) is 0 Å². The van der Waals surface area contributed by atoms with E-state index in [4.69, 9.17) is 0 Å². The van der Waals surface area contributed by atoms with Crippen LogP contribution in [-0.4, -0.2) is 39.2 Å². The number of pyridine rings is 1. The smallest absolute Gasteiger partial charge is 0.226 e. The van der Waals surface area contributed by atoms with E-state index in [9.17, 15) is 0 Å². The molecular formula is C13H15N7. The fourth-order valence-electron chi connectivity index (χ4n) is 2.06. The van der Waals surface area contributed by atoms with E-state index in [1.165, 1.54) is 0 Å². The molecule has 3 rings (SSSR count). The van der Waals surface area contributed by atoms with Gasteiger partial charge in [0.15, 0.2) is 5.65 Å².